The van der Waals surface area contributed by atoms with Gasteiger partial charge in [-0.3, -0.25) is 0 Å². The van der Waals surface area contributed by atoms with Crippen LogP contribution in [0.2, 0.25) is 0 Å². The third-order valence-corrected chi connectivity index (χ3v) is 3.15. The van der Waals surface area contributed by atoms with E-state index in [2.05, 4.69) is 0 Å². The maximum atomic E-state index is 13.4. The number of carbonyl (C=O) groups excluding carboxylic acids is 1. The molecule has 0 radical (unpaired) electrons. The van der Waals surface area contributed by atoms with Gasteiger partial charge in [0.1, 0.15) is 5.82 Å². The van der Waals surface area contributed by atoms with E-state index in [1.54, 1.807) is 13.0 Å². The molecule has 2 rings (SSSR count). The first kappa shape index (κ1) is 14.7. The lowest BCUT2D eigenvalue weighted by Gasteiger charge is -2.31. The van der Waals surface area contributed by atoms with Crippen LogP contribution < -0.4 is 4.90 Å². The normalized spacial score (nSPS) is 16.9. The molecule has 1 fully saturated rings. The standard InChI is InChI=1S/C14H18FNO4/c1-2-20-14(18)13(17)11-9-10(15)3-4-12(11)16-5-7-19-8-6-16/h3-4,9,13,17H,2,5-8H2,1H3. The van der Waals surface area contributed by atoms with Crippen LogP contribution in [0.15, 0.2) is 18.2 Å². The summed E-state index contributed by atoms with van der Waals surface area (Å²) in [6.45, 7) is 4.21. The van der Waals surface area contributed by atoms with E-state index in [1.165, 1.54) is 12.1 Å². The van der Waals surface area contributed by atoms with Crippen molar-refractivity contribution in [1.29, 1.82) is 0 Å². The fourth-order valence-corrected chi connectivity index (χ4v) is 2.18. The van der Waals surface area contributed by atoms with Crippen molar-refractivity contribution in [3.63, 3.8) is 0 Å². The molecule has 5 nitrogen and oxygen atoms in total. The molecule has 1 atom stereocenters. The van der Waals surface area contributed by atoms with Gasteiger partial charge < -0.3 is 19.5 Å². The van der Waals surface area contributed by atoms with Gasteiger partial charge in [0.2, 0.25) is 0 Å². The number of aliphatic hydroxyl groups is 1. The Hall–Kier alpha value is -1.66. The fraction of sp³-hybridized carbons (Fsp3) is 0.500. The van der Waals surface area contributed by atoms with Gasteiger partial charge in [-0.1, -0.05) is 0 Å². The van der Waals surface area contributed by atoms with E-state index in [9.17, 15) is 14.3 Å². The lowest BCUT2D eigenvalue weighted by molar-refractivity contribution is -0.153. The van der Waals surface area contributed by atoms with Gasteiger partial charge in [0, 0.05) is 24.3 Å². The Bertz CT molecular complexity index is 474. The zero-order valence-corrected chi connectivity index (χ0v) is 11.3. The van der Waals surface area contributed by atoms with Crippen molar-refractivity contribution in [3.8, 4) is 0 Å². The quantitative estimate of drug-likeness (QED) is 0.843. The summed E-state index contributed by atoms with van der Waals surface area (Å²) in [5.41, 5.74) is 0.862. The number of esters is 1. The summed E-state index contributed by atoms with van der Waals surface area (Å²) in [6, 6.07) is 4.05. The molecule has 0 bridgehead atoms. The molecule has 20 heavy (non-hydrogen) atoms. The zero-order chi connectivity index (χ0) is 14.5. The highest BCUT2D eigenvalue weighted by molar-refractivity contribution is 5.79. The lowest BCUT2D eigenvalue weighted by atomic mass is 10.1. The van der Waals surface area contributed by atoms with Crippen molar-refractivity contribution >= 4 is 11.7 Å². The van der Waals surface area contributed by atoms with Gasteiger partial charge in [0.05, 0.1) is 19.8 Å². The summed E-state index contributed by atoms with van der Waals surface area (Å²) in [5, 5.41) is 10.1. The monoisotopic (exact) mass is 283 g/mol. The maximum absolute atomic E-state index is 13.4. The number of nitrogens with zero attached hydrogens (tertiary/aromatic N) is 1. The van der Waals surface area contributed by atoms with Crippen LogP contribution in [-0.2, 0) is 14.3 Å². The first-order valence-corrected chi connectivity index (χ1v) is 6.60. The van der Waals surface area contributed by atoms with Gasteiger partial charge in [-0.2, -0.15) is 0 Å². The zero-order valence-electron chi connectivity index (χ0n) is 11.3. The molecular weight excluding hydrogens is 265 g/mol. The second kappa shape index (κ2) is 6.67. The van der Waals surface area contributed by atoms with Gasteiger partial charge in [0.15, 0.2) is 6.10 Å². The number of carbonyl (C=O) groups is 1. The highest BCUT2D eigenvalue weighted by Gasteiger charge is 2.25. The molecule has 6 heteroatoms. The molecule has 1 aromatic carbocycles. The van der Waals surface area contributed by atoms with Crippen LogP contribution in [0.3, 0.4) is 0 Å². The topological polar surface area (TPSA) is 59.0 Å². The minimum absolute atomic E-state index is 0.165. The number of hydrogen-bond acceptors (Lipinski definition) is 5. The average molecular weight is 283 g/mol. The van der Waals surface area contributed by atoms with Crippen LogP contribution >= 0.6 is 0 Å². The minimum atomic E-state index is -1.48. The molecule has 1 aliphatic heterocycles. The number of ether oxygens (including phenoxy) is 2. The van der Waals surface area contributed by atoms with E-state index in [0.717, 1.165) is 0 Å². The van der Waals surface area contributed by atoms with Gasteiger partial charge in [-0.05, 0) is 25.1 Å². The lowest BCUT2D eigenvalue weighted by Crippen LogP contribution is -2.37. The Balaban J connectivity index is 2.29. The molecule has 0 spiro atoms. The maximum Gasteiger partial charge on any atom is 0.339 e. The largest absolute Gasteiger partial charge is 0.464 e. The molecule has 0 saturated carbocycles. The van der Waals surface area contributed by atoms with Gasteiger partial charge in [-0.25, -0.2) is 9.18 Å². The smallest absolute Gasteiger partial charge is 0.339 e. The Kier molecular flexibility index (Phi) is 4.92. The Morgan fingerprint density at radius 3 is 2.85 bits per heavy atom. The van der Waals surface area contributed by atoms with Crippen LogP contribution in [0.4, 0.5) is 10.1 Å². The summed E-state index contributed by atoms with van der Waals surface area (Å²) < 4.78 is 23.5. The summed E-state index contributed by atoms with van der Waals surface area (Å²) in [4.78, 5) is 13.6. The molecule has 0 aromatic heterocycles. The van der Waals surface area contributed by atoms with Crippen molar-refractivity contribution in [1.82, 2.24) is 0 Å². The van der Waals surface area contributed by atoms with Crippen LogP contribution in [0.1, 0.15) is 18.6 Å². The van der Waals surface area contributed by atoms with E-state index in [4.69, 9.17) is 9.47 Å². The number of benzene rings is 1. The molecule has 1 heterocycles. The molecule has 0 amide bonds. The van der Waals surface area contributed by atoms with E-state index in [-0.39, 0.29) is 12.2 Å². The van der Waals surface area contributed by atoms with Crippen LogP contribution in [0.25, 0.3) is 0 Å². The third kappa shape index (κ3) is 3.26. The van der Waals surface area contributed by atoms with Crippen LogP contribution in [-0.4, -0.2) is 44.0 Å². The highest BCUT2D eigenvalue weighted by Crippen LogP contribution is 2.29. The Morgan fingerprint density at radius 1 is 1.50 bits per heavy atom. The number of morpholine rings is 1. The first-order valence-electron chi connectivity index (χ1n) is 6.60. The molecule has 0 aliphatic carbocycles. The fourth-order valence-electron chi connectivity index (χ4n) is 2.18. The molecule has 1 N–H and O–H groups in total. The third-order valence-electron chi connectivity index (χ3n) is 3.15. The second-order valence-electron chi connectivity index (χ2n) is 4.46. The van der Waals surface area contributed by atoms with Crippen molar-refractivity contribution in [2.24, 2.45) is 0 Å². The SMILES string of the molecule is CCOC(=O)C(O)c1cc(F)ccc1N1CCOCC1. The number of rotatable bonds is 4. The summed E-state index contributed by atoms with van der Waals surface area (Å²) >= 11 is 0. The molecule has 1 aromatic rings. The molecule has 110 valence electrons. The van der Waals surface area contributed by atoms with E-state index < -0.39 is 17.9 Å². The van der Waals surface area contributed by atoms with Crippen molar-refractivity contribution < 1.29 is 23.8 Å². The Labute approximate surface area is 116 Å². The van der Waals surface area contributed by atoms with Gasteiger partial charge >= 0.3 is 5.97 Å². The predicted molar refractivity (Wildman–Crippen MR) is 71.0 cm³/mol. The number of anilines is 1. The molecular formula is C14H18FNO4. The predicted octanol–water partition coefficient (Wildman–Crippen LogP) is 1.26. The first-order chi connectivity index (χ1) is 9.63. The van der Waals surface area contributed by atoms with Crippen LogP contribution in [0, 0.1) is 5.82 Å². The molecule has 1 unspecified atom stereocenters. The van der Waals surface area contributed by atoms with Crippen molar-refractivity contribution in [2.45, 2.75) is 13.0 Å². The van der Waals surface area contributed by atoms with E-state index in [1.807, 2.05) is 4.90 Å². The highest BCUT2D eigenvalue weighted by atomic mass is 19.1. The average Bonchev–Trinajstić information content (AvgIpc) is 2.47. The van der Waals surface area contributed by atoms with Crippen molar-refractivity contribution in [2.75, 3.05) is 37.8 Å². The molecule has 1 saturated heterocycles. The Morgan fingerprint density at radius 2 is 2.20 bits per heavy atom. The van der Waals surface area contributed by atoms with Crippen molar-refractivity contribution in [3.05, 3.63) is 29.6 Å². The number of aliphatic hydroxyl groups excluding tert-OH is 1. The molecule has 1 aliphatic rings. The summed E-state index contributed by atoms with van der Waals surface area (Å²) in [6.07, 6.45) is -1.48. The van der Waals surface area contributed by atoms with Gasteiger partial charge in [0.25, 0.3) is 0 Å². The van der Waals surface area contributed by atoms with E-state index >= 15 is 0 Å². The van der Waals surface area contributed by atoms with E-state index in [0.29, 0.717) is 32.0 Å². The summed E-state index contributed by atoms with van der Waals surface area (Å²) in [5.74, 6) is -1.27. The second-order valence-corrected chi connectivity index (χ2v) is 4.46. The minimum Gasteiger partial charge on any atom is -0.464 e. The summed E-state index contributed by atoms with van der Waals surface area (Å²) in [7, 11) is 0. The number of hydrogen-bond donors (Lipinski definition) is 1. The number of halogens is 1. The van der Waals surface area contributed by atoms with Crippen LogP contribution in [0.5, 0.6) is 0 Å². The van der Waals surface area contributed by atoms with Gasteiger partial charge in [-0.15, -0.1) is 0 Å².